The maximum atomic E-state index is 12.2. The average Bonchev–Trinajstić information content (AvgIpc) is 3.32. The van der Waals surface area contributed by atoms with E-state index in [2.05, 4.69) is 20.6 Å². The van der Waals surface area contributed by atoms with Crippen molar-refractivity contribution in [1.29, 1.82) is 0 Å². The van der Waals surface area contributed by atoms with E-state index in [1.807, 2.05) is 35.8 Å². The molecule has 1 aromatic carbocycles. The number of fused-ring (bicyclic) bond motifs is 1. The predicted molar refractivity (Wildman–Crippen MR) is 90.0 cm³/mol. The van der Waals surface area contributed by atoms with Crippen LogP contribution in [0.3, 0.4) is 0 Å². The number of benzene rings is 1. The van der Waals surface area contributed by atoms with Crippen LogP contribution < -0.4 is 5.32 Å². The highest BCUT2D eigenvalue weighted by molar-refractivity contribution is 7.16. The molecule has 0 radical (unpaired) electrons. The Kier molecular flexibility index (Phi) is 3.60. The van der Waals surface area contributed by atoms with Crippen LogP contribution in [0.25, 0.3) is 15.2 Å². The lowest BCUT2D eigenvalue weighted by molar-refractivity contribution is 0.0950. The van der Waals surface area contributed by atoms with Gasteiger partial charge in [0.1, 0.15) is 10.7 Å². The molecule has 3 heterocycles. The van der Waals surface area contributed by atoms with Crippen LogP contribution in [0.1, 0.15) is 16.1 Å². The molecule has 114 valence electrons. The summed E-state index contributed by atoms with van der Waals surface area (Å²) in [6.45, 7) is 0.338. The lowest BCUT2D eigenvalue weighted by atomic mass is 10.2. The van der Waals surface area contributed by atoms with Gasteiger partial charge in [0.15, 0.2) is 0 Å². The summed E-state index contributed by atoms with van der Waals surface area (Å²) in [4.78, 5) is 16.4. The fourth-order valence-corrected chi connectivity index (χ4v) is 3.52. The highest BCUT2D eigenvalue weighted by atomic mass is 32.1. The summed E-state index contributed by atoms with van der Waals surface area (Å²) in [6.07, 6.45) is 1.82. The fraction of sp³-hybridized carbons (Fsp3) is 0.0667. The standard InChI is InChI=1S/C15H11N5OS2/c21-15(10-3-4-12-13(6-10)23-9-17-12)16-7-11-8-20(19-18-11)14-2-1-5-22-14/h1-6,8-9H,7H2,(H,16,21). The molecule has 0 aliphatic heterocycles. The molecule has 0 saturated heterocycles. The summed E-state index contributed by atoms with van der Waals surface area (Å²) in [5, 5.41) is 14.0. The first-order valence-electron chi connectivity index (χ1n) is 6.86. The third-order valence-corrected chi connectivity index (χ3v) is 4.95. The highest BCUT2D eigenvalue weighted by Gasteiger charge is 2.09. The number of thiazole rings is 1. The van der Waals surface area contributed by atoms with Gasteiger partial charge in [0, 0.05) is 5.56 Å². The second-order valence-corrected chi connectivity index (χ2v) is 6.64. The van der Waals surface area contributed by atoms with Crippen LogP contribution in [0.5, 0.6) is 0 Å². The normalized spacial score (nSPS) is 11.0. The van der Waals surface area contributed by atoms with Gasteiger partial charge in [0.2, 0.25) is 0 Å². The minimum Gasteiger partial charge on any atom is -0.346 e. The van der Waals surface area contributed by atoms with Crippen molar-refractivity contribution < 1.29 is 4.79 Å². The monoisotopic (exact) mass is 341 g/mol. The molecule has 0 saturated carbocycles. The Labute approximate surface area is 139 Å². The second kappa shape index (κ2) is 5.90. The number of carbonyl (C=O) groups is 1. The number of nitrogens with zero attached hydrogens (tertiary/aromatic N) is 4. The molecular formula is C15H11N5OS2. The summed E-state index contributed by atoms with van der Waals surface area (Å²) in [5.41, 5.74) is 4.01. The molecule has 4 aromatic rings. The van der Waals surface area contributed by atoms with Crippen molar-refractivity contribution in [1.82, 2.24) is 25.3 Å². The topological polar surface area (TPSA) is 72.7 Å². The van der Waals surface area contributed by atoms with Crippen LogP contribution in [0.4, 0.5) is 0 Å². The maximum Gasteiger partial charge on any atom is 0.251 e. The second-order valence-electron chi connectivity index (χ2n) is 4.82. The van der Waals surface area contributed by atoms with Crippen molar-refractivity contribution in [2.45, 2.75) is 6.54 Å². The summed E-state index contributed by atoms with van der Waals surface area (Å²) in [7, 11) is 0. The molecule has 8 heteroatoms. The van der Waals surface area contributed by atoms with E-state index in [9.17, 15) is 4.79 Å². The minimum absolute atomic E-state index is 0.133. The molecule has 23 heavy (non-hydrogen) atoms. The van der Waals surface area contributed by atoms with Gasteiger partial charge in [-0.2, -0.15) is 0 Å². The van der Waals surface area contributed by atoms with Crippen molar-refractivity contribution in [2.24, 2.45) is 0 Å². The van der Waals surface area contributed by atoms with Gasteiger partial charge in [0.05, 0.1) is 28.5 Å². The van der Waals surface area contributed by atoms with E-state index >= 15 is 0 Å². The van der Waals surface area contributed by atoms with Gasteiger partial charge < -0.3 is 5.32 Å². The average molecular weight is 341 g/mol. The van der Waals surface area contributed by atoms with Crippen molar-refractivity contribution >= 4 is 38.8 Å². The van der Waals surface area contributed by atoms with E-state index in [1.165, 1.54) is 11.3 Å². The van der Waals surface area contributed by atoms with Crippen LogP contribution >= 0.6 is 22.7 Å². The molecule has 6 nitrogen and oxygen atoms in total. The highest BCUT2D eigenvalue weighted by Crippen LogP contribution is 2.19. The molecule has 4 rings (SSSR count). The molecule has 0 aliphatic rings. The number of rotatable bonds is 4. The van der Waals surface area contributed by atoms with Crippen molar-refractivity contribution in [3.8, 4) is 5.00 Å². The van der Waals surface area contributed by atoms with Gasteiger partial charge in [-0.25, -0.2) is 9.67 Å². The molecule has 3 aromatic heterocycles. The van der Waals surface area contributed by atoms with E-state index in [1.54, 1.807) is 27.6 Å². The lowest BCUT2D eigenvalue weighted by Gasteiger charge is -2.02. The summed E-state index contributed by atoms with van der Waals surface area (Å²) >= 11 is 3.10. The van der Waals surface area contributed by atoms with Crippen molar-refractivity contribution in [2.75, 3.05) is 0 Å². The third-order valence-electron chi connectivity index (χ3n) is 3.30. The van der Waals surface area contributed by atoms with Crippen LogP contribution in [0, 0.1) is 0 Å². The number of nitrogens with one attached hydrogen (secondary N) is 1. The molecule has 0 atom stereocenters. The van der Waals surface area contributed by atoms with Gasteiger partial charge >= 0.3 is 0 Å². The molecule has 1 N–H and O–H groups in total. The first-order chi connectivity index (χ1) is 11.3. The zero-order valence-corrected chi connectivity index (χ0v) is 13.5. The Morgan fingerprint density at radius 2 is 2.22 bits per heavy atom. The Morgan fingerprint density at radius 3 is 3.09 bits per heavy atom. The quantitative estimate of drug-likeness (QED) is 0.619. The first-order valence-corrected chi connectivity index (χ1v) is 8.62. The molecule has 0 unspecified atom stereocenters. The van der Waals surface area contributed by atoms with Crippen LogP contribution in [-0.4, -0.2) is 25.9 Å². The zero-order chi connectivity index (χ0) is 15.6. The number of thiophene rings is 1. The maximum absolute atomic E-state index is 12.2. The van der Waals surface area contributed by atoms with E-state index in [0.29, 0.717) is 17.8 Å². The van der Waals surface area contributed by atoms with Crippen molar-refractivity contribution in [3.05, 3.63) is 58.7 Å². The van der Waals surface area contributed by atoms with E-state index in [0.717, 1.165) is 15.2 Å². The fourth-order valence-electron chi connectivity index (χ4n) is 2.16. The Balaban J connectivity index is 1.45. The van der Waals surface area contributed by atoms with Crippen molar-refractivity contribution in [3.63, 3.8) is 0 Å². The summed E-state index contributed by atoms with van der Waals surface area (Å²) in [5.74, 6) is -0.133. The largest absolute Gasteiger partial charge is 0.346 e. The first kappa shape index (κ1) is 14.0. The number of hydrogen-bond donors (Lipinski definition) is 1. The molecule has 1 amide bonds. The van der Waals surface area contributed by atoms with E-state index in [4.69, 9.17) is 0 Å². The summed E-state index contributed by atoms with van der Waals surface area (Å²) < 4.78 is 2.71. The number of carbonyl (C=O) groups excluding carboxylic acids is 1. The number of amides is 1. The number of aromatic nitrogens is 4. The number of hydrogen-bond acceptors (Lipinski definition) is 6. The Morgan fingerprint density at radius 1 is 1.26 bits per heavy atom. The van der Waals surface area contributed by atoms with Gasteiger partial charge in [-0.15, -0.1) is 27.8 Å². The Bertz CT molecular complexity index is 957. The van der Waals surface area contributed by atoms with Crippen LogP contribution in [0.2, 0.25) is 0 Å². The molecule has 0 bridgehead atoms. The zero-order valence-electron chi connectivity index (χ0n) is 11.8. The molecule has 0 spiro atoms. The molecular weight excluding hydrogens is 330 g/mol. The third kappa shape index (κ3) is 2.86. The van der Waals surface area contributed by atoms with Gasteiger partial charge in [-0.3, -0.25) is 4.79 Å². The summed E-state index contributed by atoms with van der Waals surface area (Å²) in [6, 6.07) is 9.41. The molecule has 0 aliphatic carbocycles. The van der Waals surface area contributed by atoms with Gasteiger partial charge in [-0.05, 0) is 35.7 Å². The predicted octanol–water partition coefficient (Wildman–Crippen LogP) is 2.87. The van der Waals surface area contributed by atoms with Crippen LogP contribution in [0.15, 0.2) is 47.4 Å². The minimum atomic E-state index is -0.133. The SMILES string of the molecule is O=C(NCc1cn(-c2cccs2)nn1)c1ccc2ncsc2c1. The smallest absolute Gasteiger partial charge is 0.251 e. The Hall–Kier alpha value is -2.58. The van der Waals surface area contributed by atoms with Crippen LogP contribution in [-0.2, 0) is 6.54 Å². The molecule has 0 fully saturated rings. The van der Waals surface area contributed by atoms with E-state index < -0.39 is 0 Å². The lowest BCUT2D eigenvalue weighted by Crippen LogP contribution is -2.22. The van der Waals surface area contributed by atoms with Gasteiger partial charge in [0.25, 0.3) is 5.91 Å². The van der Waals surface area contributed by atoms with Gasteiger partial charge in [-0.1, -0.05) is 5.21 Å². The van der Waals surface area contributed by atoms with E-state index in [-0.39, 0.29) is 5.91 Å².